The summed E-state index contributed by atoms with van der Waals surface area (Å²) in [5, 5.41) is 5.81. The first kappa shape index (κ1) is 58.7. The second-order valence-corrected chi connectivity index (χ2v) is 24.8. The number of fused-ring (bicyclic) bond motifs is 9. The van der Waals surface area contributed by atoms with Gasteiger partial charge in [0.15, 0.2) is 17.5 Å². The average molecular weight is 1270 g/mol. The summed E-state index contributed by atoms with van der Waals surface area (Å²) in [5.41, 5.74) is 14.7. The van der Waals surface area contributed by atoms with Gasteiger partial charge in [-0.1, -0.05) is 182 Å². The molecule has 0 spiro atoms. The number of halogens is 6. The predicted octanol–water partition coefficient (Wildman–Crippen LogP) is 23.5. The van der Waals surface area contributed by atoms with Crippen LogP contribution < -0.4 is 0 Å². The maximum atomic E-state index is 14.7. The minimum atomic E-state index is -4.62. The van der Waals surface area contributed by atoms with Crippen molar-refractivity contribution in [1.82, 2.24) is 28.7 Å². The molecule has 0 aliphatic carbocycles. The third-order valence-electron chi connectivity index (χ3n) is 18.6. The van der Waals surface area contributed by atoms with E-state index in [2.05, 4.69) is 147 Å². The Bertz CT molecular complexity index is 5520. The van der Waals surface area contributed by atoms with E-state index in [0.29, 0.717) is 78.2 Å². The van der Waals surface area contributed by atoms with Crippen molar-refractivity contribution in [2.75, 3.05) is 0 Å². The molecule has 0 bridgehead atoms. The van der Waals surface area contributed by atoms with E-state index in [1.54, 1.807) is 26.0 Å². The van der Waals surface area contributed by atoms with Crippen molar-refractivity contribution in [2.45, 2.75) is 26.2 Å². The van der Waals surface area contributed by atoms with Crippen LogP contribution >= 0.6 is 0 Å². The van der Waals surface area contributed by atoms with Crippen molar-refractivity contribution < 1.29 is 26.3 Å². The van der Waals surface area contributed by atoms with Gasteiger partial charge in [0.05, 0.1) is 49.9 Å². The van der Waals surface area contributed by atoms with Gasteiger partial charge in [-0.05, 0) is 168 Å². The van der Waals surface area contributed by atoms with Gasteiger partial charge in [-0.25, -0.2) is 15.0 Å². The molecule has 0 fully saturated rings. The molecule has 17 rings (SSSR count). The quantitative estimate of drug-likeness (QED) is 0.128. The Morgan fingerprint density at radius 2 is 0.567 bits per heavy atom. The number of alkyl halides is 6. The van der Waals surface area contributed by atoms with Crippen LogP contribution in [-0.4, -0.2) is 28.7 Å². The van der Waals surface area contributed by atoms with Gasteiger partial charge in [0, 0.05) is 71.5 Å². The number of hydrogen-bond donors (Lipinski definition) is 0. The van der Waals surface area contributed by atoms with Crippen LogP contribution in [0.1, 0.15) is 22.3 Å². The largest absolute Gasteiger partial charge is 0.416 e. The first-order valence-electron chi connectivity index (χ1n) is 31.9. The highest BCUT2D eigenvalue weighted by atomic mass is 19.4. The summed E-state index contributed by atoms with van der Waals surface area (Å²) < 4.78 is 94.9. The fraction of sp³-hybridized carbons (Fsp3) is 0.0471. The number of rotatable bonds is 10. The van der Waals surface area contributed by atoms with Crippen LogP contribution in [-0.2, 0) is 12.4 Å². The van der Waals surface area contributed by atoms with Gasteiger partial charge in [0.2, 0.25) is 0 Å². The zero-order valence-electron chi connectivity index (χ0n) is 52.2. The average Bonchev–Trinajstić information content (AvgIpc) is 1.66. The smallest absolute Gasteiger partial charge is 0.309 e. The van der Waals surface area contributed by atoms with Gasteiger partial charge >= 0.3 is 12.4 Å². The Balaban J connectivity index is 0.982. The number of hydrogen-bond acceptors (Lipinski definition) is 3. The van der Waals surface area contributed by atoms with Gasteiger partial charge in [-0.3, -0.25) is 0 Å². The maximum absolute atomic E-state index is 14.7. The Labute approximate surface area is 552 Å². The molecule has 4 heterocycles. The SMILES string of the molecule is Cc1cc(-c2ccc3c(c2)c2cc(-c4cc(C)cc(C(F)(F)F)c4)ccc2n3-c2c(-c3ccc(-n4c5ccccc5c5ccccc54)cc3)cc(-c3nc(-c4ccccc4)nc(-c4ccccc4)n3)cc2-c2ccc(-n3c4ccccc4c4ccccc43)cc2)cc(C(F)(F)F)c1. The van der Waals surface area contributed by atoms with Crippen LogP contribution in [0.4, 0.5) is 26.3 Å². The second-order valence-electron chi connectivity index (χ2n) is 24.8. The van der Waals surface area contributed by atoms with Crippen LogP contribution in [0, 0.1) is 13.8 Å². The van der Waals surface area contributed by atoms with E-state index in [0.717, 1.165) is 106 Å². The molecule has 0 aliphatic heterocycles. The number of aromatic nitrogens is 6. The van der Waals surface area contributed by atoms with E-state index in [4.69, 9.17) is 15.0 Å². The minimum absolute atomic E-state index is 0.360. The summed E-state index contributed by atoms with van der Waals surface area (Å²) in [6.45, 7) is 3.29. The van der Waals surface area contributed by atoms with Crippen LogP contribution in [0.25, 0.3) is 161 Å². The molecule has 0 radical (unpaired) electrons. The monoisotopic (exact) mass is 1270 g/mol. The summed E-state index contributed by atoms with van der Waals surface area (Å²) >= 11 is 0. The van der Waals surface area contributed by atoms with Gasteiger partial charge in [-0.2, -0.15) is 26.3 Å². The summed E-state index contributed by atoms with van der Waals surface area (Å²) in [5.74, 6) is 1.36. The normalized spacial score (nSPS) is 12.1. The molecule has 0 amide bonds. The lowest BCUT2D eigenvalue weighted by molar-refractivity contribution is -0.138. The lowest BCUT2D eigenvalue weighted by Crippen LogP contribution is -2.05. The molecule has 0 aliphatic rings. The lowest BCUT2D eigenvalue weighted by atomic mass is 9.92. The molecule has 466 valence electrons. The van der Waals surface area contributed by atoms with Gasteiger partial charge in [0.1, 0.15) is 0 Å². The standard InChI is InChI=1S/C85H54F6N6/c1-51-41-59(45-62(43-51)84(86,87)88)57-33-39-78-72(47-57)73-48-58(60-42-52(2)44-63(46-60)85(89,90)91)34-40-79(73)97(78)80-70(53-29-35-64(36-30-53)95-74-25-13-9-21-66(74)67-22-10-14-26-75(67)95)49-61(83-93-81(55-17-5-3-6-18-55)92-82(94-83)56-19-7-4-8-20-56)50-71(80)54-31-37-65(38-32-54)96-76-27-15-11-23-68(76)69-24-12-16-28-77(69)96/h3-50H,1-2H3. The summed E-state index contributed by atoms with van der Waals surface area (Å²) in [4.78, 5) is 15.8. The first-order valence-corrected chi connectivity index (χ1v) is 31.9. The molecule has 0 saturated carbocycles. The number of para-hydroxylation sites is 4. The Morgan fingerprint density at radius 3 is 0.928 bits per heavy atom. The van der Waals surface area contributed by atoms with Crippen LogP contribution in [0.3, 0.4) is 0 Å². The second kappa shape index (κ2) is 22.8. The topological polar surface area (TPSA) is 53.5 Å². The third-order valence-corrected chi connectivity index (χ3v) is 18.6. The van der Waals surface area contributed by atoms with Crippen LogP contribution in [0.5, 0.6) is 0 Å². The van der Waals surface area contributed by atoms with Crippen molar-refractivity contribution in [2.24, 2.45) is 0 Å². The highest BCUT2D eigenvalue weighted by molar-refractivity contribution is 6.14. The van der Waals surface area contributed by atoms with Gasteiger partial charge in [-0.15, -0.1) is 0 Å². The Kier molecular flexibility index (Phi) is 13.8. The molecule has 97 heavy (non-hydrogen) atoms. The zero-order chi connectivity index (χ0) is 65.8. The Morgan fingerprint density at radius 1 is 0.247 bits per heavy atom. The fourth-order valence-corrected chi connectivity index (χ4v) is 14.2. The van der Waals surface area contributed by atoms with E-state index in [1.807, 2.05) is 121 Å². The van der Waals surface area contributed by atoms with Crippen LogP contribution in [0.2, 0.25) is 0 Å². The molecule has 0 atom stereocenters. The van der Waals surface area contributed by atoms with Crippen molar-refractivity contribution >= 4 is 65.4 Å². The highest BCUT2D eigenvalue weighted by Gasteiger charge is 2.33. The van der Waals surface area contributed by atoms with E-state index >= 15 is 0 Å². The highest BCUT2D eigenvalue weighted by Crippen LogP contribution is 2.47. The maximum Gasteiger partial charge on any atom is 0.416 e. The summed E-state index contributed by atoms with van der Waals surface area (Å²) in [6.07, 6.45) is -9.23. The number of aryl methyl sites for hydroxylation is 2. The lowest BCUT2D eigenvalue weighted by Gasteiger charge is -2.22. The van der Waals surface area contributed by atoms with E-state index in [-0.39, 0.29) is 0 Å². The molecular weight excluding hydrogens is 1220 g/mol. The number of nitrogens with zero attached hydrogens (tertiary/aromatic N) is 6. The molecule has 0 saturated heterocycles. The predicted molar refractivity (Wildman–Crippen MR) is 380 cm³/mol. The molecule has 13 aromatic carbocycles. The number of benzene rings is 13. The molecular formula is C85H54F6N6. The molecule has 4 aromatic heterocycles. The molecule has 17 aromatic rings. The summed E-state index contributed by atoms with van der Waals surface area (Å²) in [7, 11) is 0. The van der Waals surface area contributed by atoms with E-state index in [9.17, 15) is 26.3 Å². The summed E-state index contributed by atoms with van der Waals surface area (Å²) in [6, 6.07) is 93.9. The molecule has 0 unspecified atom stereocenters. The molecule has 12 heteroatoms. The molecule has 0 N–H and O–H groups in total. The van der Waals surface area contributed by atoms with Crippen LogP contribution in [0.15, 0.2) is 291 Å². The molecule has 6 nitrogen and oxygen atoms in total. The third kappa shape index (κ3) is 10.3. The van der Waals surface area contributed by atoms with Crippen molar-refractivity contribution in [3.63, 3.8) is 0 Å². The van der Waals surface area contributed by atoms with Gasteiger partial charge in [0.25, 0.3) is 0 Å². The fourth-order valence-electron chi connectivity index (χ4n) is 14.2. The minimum Gasteiger partial charge on any atom is -0.309 e. The van der Waals surface area contributed by atoms with Gasteiger partial charge < -0.3 is 13.7 Å². The van der Waals surface area contributed by atoms with Crippen molar-refractivity contribution in [3.8, 4) is 95.7 Å². The Hall–Kier alpha value is -12.2. The van der Waals surface area contributed by atoms with E-state index < -0.39 is 23.5 Å². The zero-order valence-corrected chi connectivity index (χ0v) is 52.2. The van der Waals surface area contributed by atoms with E-state index in [1.165, 1.54) is 12.1 Å². The first-order chi connectivity index (χ1) is 47.1. The van der Waals surface area contributed by atoms with Crippen molar-refractivity contribution in [1.29, 1.82) is 0 Å². The van der Waals surface area contributed by atoms with Crippen molar-refractivity contribution in [3.05, 3.63) is 313 Å².